The standard InChI is InChI=1S/C12H21N3O2/c1-14(8-10-4-2-6-13-10)12(17)9-15-7-3-5-11(15)16/h10,13H,2-9H2,1H3. The van der Waals surface area contributed by atoms with Crippen LogP contribution in [0.15, 0.2) is 0 Å². The zero-order valence-electron chi connectivity index (χ0n) is 10.4. The van der Waals surface area contributed by atoms with E-state index < -0.39 is 0 Å². The maximum atomic E-state index is 11.9. The molecule has 96 valence electrons. The molecule has 0 aromatic rings. The number of hydrogen-bond donors (Lipinski definition) is 1. The molecule has 2 aliphatic rings. The lowest BCUT2D eigenvalue weighted by molar-refractivity contribution is -0.137. The van der Waals surface area contributed by atoms with Crippen LogP contribution in [0, 0.1) is 0 Å². The summed E-state index contributed by atoms with van der Waals surface area (Å²) in [6, 6.07) is 0.429. The Balaban J connectivity index is 1.76. The van der Waals surface area contributed by atoms with Crippen LogP contribution >= 0.6 is 0 Å². The molecule has 1 N–H and O–H groups in total. The van der Waals surface area contributed by atoms with Crippen molar-refractivity contribution in [2.75, 3.05) is 33.2 Å². The molecule has 0 aromatic carbocycles. The van der Waals surface area contributed by atoms with Crippen LogP contribution in [0.5, 0.6) is 0 Å². The van der Waals surface area contributed by atoms with E-state index in [1.807, 2.05) is 7.05 Å². The van der Waals surface area contributed by atoms with E-state index in [9.17, 15) is 9.59 Å². The molecule has 17 heavy (non-hydrogen) atoms. The van der Waals surface area contributed by atoms with Crippen molar-refractivity contribution >= 4 is 11.8 Å². The molecule has 2 aliphatic heterocycles. The summed E-state index contributed by atoms with van der Waals surface area (Å²) in [7, 11) is 1.82. The summed E-state index contributed by atoms with van der Waals surface area (Å²) in [4.78, 5) is 26.8. The minimum atomic E-state index is 0.0500. The van der Waals surface area contributed by atoms with Crippen molar-refractivity contribution in [2.45, 2.75) is 31.7 Å². The summed E-state index contributed by atoms with van der Waals surface area (Å²) >= 11 is 0. The van der Waals surface area contributed by atoms with Crippen LogP contribution in [0.25, 0.3) is 0 Å². The predicted molar refractivity (Wildman–Crippen MR) is 64.5 cm³/mol. The molecule has 1 unspecified atom stereocenters. The first-order chi connectivity index (χ1) is 8.16. The molecule has 2 amide bonds. The maximum absolute atomic E-state index is 11.9. The van der Waals surface area contributed by atoms with Gasteiger partial charge in [0, 0.05) is 32.6 Å². The lowest BCUT2D eigenvalue weighted by Gasteiger charge is -2.24. The third-order valence-electron chi connectivity index (χ3n) is 3.58. The predicted octanol–water partition coefficient (Wildman–Crippen LogP) is -0.181. The highest BCUT2D eigenvalue weighted by atomic mass is 16.2. The summed E-state index contributed by atoms with van der Waals surface area (Å²) < 4.78 is 0. The van der Waals surface area contributed by atoms with Crippen molar-refractivity contribution in [2.24, 2.45) is 0 Å². The lowest BCUT2D eigenvalue weighted by atomic mass is 10.2. The van der Waals surface area contributed by atoms with Gasteiger partial charge >= 0.3 is 0 Å². The van der Waals surface area contributed by atoms with Gasteiger partial charge in [0.15, 0.2) is 0 Å². The van der Waals surface area contributed by atoms with Gasteiger partial charge in [-0.2, -0.15) is 0 Å². The molecule has 5 nitrogen and oxygen atoms in total. The minimum absolute atomic E-state index is 0.0500. The van der Waals surface area contributed by atoms with Crippen molar-refractivity contribution in [3.63, 3.8) is 0 Å². The van der Waals surface area contributed by atoms with E-state index in [2.05, 4.69) is 5.32 Å². The van der Waals surface area contributed by atoms with Crippen LogP contribution in [0.1, 0.15) is 25.7 Å². The van der Waals surface area contributed by atoms with Crippen LogP contribution in [0.3, 0.4) is 0 Å². The van der Waals surface area contributed by atoms with Gasteiger partial charge in [-0.3, -0.25) is 9.59 Å². The zero-order valence-corrected chi connectivity index (χ0v) is 10.4. The second-order valence-electron chi connectivity index (χ2n) is 4.99. The van der Waals surface area contributed by atoms with Gasteiger partial charge in [0.05, 0.1) is 6.54 Å². The number of carbonyl (C=O) groups is 2. The van der Waals surface area contributed by atoms with Crippen LogP contribution in [-0.2, 0) is 9.59 Å². The van der Waals surface area contributed by atoms with Gasteiger partial charge < -0.3 is 15.1 Å². The topological polar surface area (TPSA) is 52.7 Å². The minimum Gasteiger partial charge on any atom is -0.343 e. The van der Waals surface area contributed by atoms with Gasteiger partial charge in [-0.15, -0.1) is 0 Å². The number of carbonyl (C=O) groups excluding carboxylic acids is 2. The van der Waals surface area contributed by atoms with Gasteiger partial charge in [0.2, 0.25) is 11.8 Å². The second kappa shape index (κ2) is 5.49. The highest BCUT2D eigenvalue weighted by molar-refractivity contribution is 5.85. The SMILES string of the molecule is CN(CC1CCCN1)C(=O)CN1CCCC1=O. The molecule has 0 aromatic heterocycles. The first-order valence-corrected chi connectivity index (χ1v) is 6.42. The van der Waals surface area contributed by atoms with Gasteiger partial charge in [-0.05, 0) is 25.8 Å². The molecule has 2 fully saturated rings. The molecule has 2 saturated heterocycles. The molecule has 2 rings (SSSR count). The van der Waals surface area contributed by atoms with Crippen molar-refractivity contribution in [1.29, 1.82) is 0 Å². The van der Waals surface area contributed by atoms with Gasteiger partial charge in [-0.1, -0.05) is 0 Å². The van der Waals surface area contributed by atoms with E-state index in [4.69, 9.17) is 0 Å². The fourth-order valence-electron chi connectivity index (χ4n) is 2.50. The summed E-state index contributed by atoms with van der Waals surface area (Å²) in [5, 5.41) is 3.37. The molecule has 2 heterocycles. The molecule has 5 heteroatoms. The van der Waals surface area contributed by atoms with Crippen molar-refractivity contribution in [1.82, 2.24) is 15.1 Å². The number of rotatable bonds is 4. The molecular formula is C12H21N3O2. The number of nitrogens with zero attached hydrogens (tertiary/aromatic N) is 2. The number of nitrogens with one attached hydrogen (secondary N) is 1. The lowest BCUT2D eigenvalue weighted by Crippen LogP contribution is -2.43. The van der Waals surface area contributed by atoms with Gasteiger partial charge in [0.25, 0.3) is 0 Å². The van der Waals surface area contributed by atoms with Crippen LogP contribution in [0.4, 0.5) is 0 Å². The highest BCUT2D eigenvalue weighted by Gasteiger charge is 2.25. The van der Waals surface area contributed by atoms with E-state index in [1.165, 1.54) is 6.42 Å². The average Bonchev–Trinajstić information content (AvgIpc) is 2.91. The second-order valence-corrected chi connectivity index (χ2v) is 4.99. The Bertz CT molecular complexity index is 300. The van der Waals surface area contributed by atoms with E-state index in [0.29, 0.717) is 12.5 Å². The molecule has 0 bridgehead atoms. The molecule has 0 saturated carbocycles. The molecule has 0 aliphatic carbocycles. The van der Waals surface area contributed by atoms with Crippen LogP contribution in [-0.4, -0.2) is 60.9 Å². The van der Waals surface area contributed by atoms with Crippen LogP contribution in [0.2, 0.25) is 0 Å². The van der Waals surface area contributed by atoms with E-state index >= 15 is 0 Å². The van der Waals surface area contributed by atoms with Gasteiger partial charge in [-0.25, -0.2) is 0 Å². The molecule has 0 radical (unpaired) electrons. The van der Waals surface area contributed by atoms with E-state index in [1.54, 1.807) is 9.80 Å². The highest BCUT2D eigenvalue weighted by Crippen LogP contribution is 2.10. The van der Waals surface area contributed by atoms with Crippen molar-refractivity contribution in [3.8, 4) is 0 Å². The van der Waals surface area contributed by atoms with E-state index in [0.717, 1.165) is 32.5 Å². The number of amides is 2. The molecular weight excluding hydrogens is 218 g/mol. The normalized spacial score (nSPS) is 24.4. The Morgan fingerprint density at radius 3 is 2.94 bits per heavy atom. The fourth-order valence-corrected chi connectivity index (χ4v) is 2.50. The third kappa shape index (κ3) is 3.19. The monoisotopic (exact) mass is 239 g/mol. The van der Waals surface area contributed by atoms with E-state index in [-0.39, 0.29) is 18.4 Å². The largest absolute Gasteiger partial charge is 0.343 e. The smallest absolute Gasteiger partial charge is 0.241 e. The number of hydrogen-bond acceptors (Lipinski definition) is 3. The molecule has 1 atom stereocenters. The van der Waals surface area contributed by atoms with Crippen molar-refractivity contribution < 1.29 is 9.59 Å². The first kappa shape index (κ1) is 12.4. The third-order valence-corrected chi connectivity index (χ3v) is 3.58. The maximum Gasteiger partial charge on any atom is 0.241 e. The summed E-state index contributed by atoms with van der Waals surface area (Å²) in [6.07, 6.45) is 3.82. The summed E-state index contributed by atoms with van der Waals surface area (Å²) in [5.41, 5.74) is 0. The summed E-state index contributed by atoms with van der Waals surface area (Å²) in [5.74, 6) is 0.166. The van der Waals surface area contributed by atoms with Crippen molar-refractivity contribution in [3.05, 3.63) is 0 Å². The Morgan fingerprint density at radius 1 is 1.53 bits per heavy atom. The quantitative estimate of drug-likeness (QED) is 0.740. The Morgan fingerprint density at radius 2 is 2.35 bits per heavy atom. The Hall–Kier alpha value is -1.10. The Labute approximate surface area is 102 Å². The summed E-state index contributed by atoms with van der Waals surface area (Å²) in [6.45, 7) is 2.79. The van der Waals surface area contributed by atoms with Gasteiger partial charge in [0.1, 0.15) is 0 Å². The average molecular weight is 239 g/mol. The van der Waals surface area contributed by atoms with Crippen LogP contribution < -0.4 is 5.32 Å². The molecule has 0 spiro atoms. The Kier molecular flexibility index (Phi) is 3.99. The number of likely N-dealkylation sites (N-methyl/N-ethyl adjacent to an activating group) is 1. The first-order valence-electron chi connectivity index (χ1n) is 6.42. The fraction of sp³-hybridized carbons (Fsp3) is 0.833. The zero-order chi connectivity index (χ0) is 12.3. The number of likely N-dealkylation sites (tertiary alicyclic amines) is 1.